The van der Waals surface area contributed by atoms with Crippen molar-refractivity contribution >= 4 is 86.4 Å². The summed E-state index contributed by atoms with van der Waals surface area (Å²) in [7, 11) is 0. The zero-order valence-corrected chi connectivity index (χ0v) is 28.0. The Bertz CT molecular complexity index is 810. The number of nitrogens with zero attached hydrogens (tertiary/aromatic N) is 6. The zero-order chi connectivity index (χ0) is 30.4. The number of hydrogen-bond acceptors (Lipinski definition) is 9. The average Bonchev–Trinajstić information content (AvgIpc) is 2.95. The minimum absolute atomic E-state index is 0.321. The fourth-order valence-corrected chi connectivity index (χ4v) is 5.86. The molecule has 2 heterocycles. The summed E-state index contributed by atoms with van der Waals surface area (Å²) in [5.41, 5.74) is 0. The van der Waals surface area contributed by atoms with Crippen molar-refractivity contribution in [1.82, 2.24) is 29.4 Å². The number of carbonyl (C=O) groups is 4. The van der Waals surface area contributed by atoms with Gasteiger partial charge in [-0.1, -0.05) is 13.2 Å². The summed E-state index contributed by atoms with van der Waals surface area (Å²) in [5.74, 6) is 4.85. The number of hydrogen-bond donors (Lipinski definition) is 4. The van der Waals surface area contributed by atoms with Crippen LogP contribution in [0.25, 0.3) is 0 Å². The highest BCUT2D eigenvalue weighted by Crippen LogP contribution is 2.25. The highest BCUT2D eigenvalue weighted by molar-refractivity contribution is 7.99. The molecule has 10 nitrogen and oxygen atoms in total. The summed E-state index contributed by atoms with van der Waals surface area (Å²) in [6.07, 6.45) is 4.10. The van der Waals surface area contributed by atoms with Crippen molar-refractivity contribution in [2.24, 2.45) is 0 Å². The third-order valence-electron chi connectivity index (χ3n) is 6.59. The quantitative estimate of drug-likeness (QED) is 0.108. The van der Waals surface area contributed by atoms with Crippen LogP contribution in [-0.4, -0.2) is 127 Å². The van der Waals surface area contributed by atoms with E-state index in [4.69, 9.17) is 0 Å². The first-order valence-corrected chi connectivity index (χ1v) is 17.6. The first kappa shape index (κ1) is 35.9. The molecule has 41 heavy (non-hydrogen) atoms. The van der Waals surface area contributed by atoms with E-state index < -0.39 is 0 Å². The molecule has 0 aromatic heterocycles. The normalized spacial score (nSPS) is 16.7. The molecule has 0 aliphatic carbocycles. The maximum Gasteiger partial charge on any atom is 0.333 e. The molecule has 2 rings (SSSR count). The van der Waals surface area contributed by atoms with E-state index in [0.29, 0.717) is 99.6 Å². The van der Waals surface area contributed by atoms with Gasteiger partial charge in [0.1, 0.15) is 11.6 Å². The number of rotatable bonds is 20. The van der Waals surface area contributed by atoms with Crippen LogP contribution >= 0.6 is 62.3 Å². The highest BCUT2D eigenvalue weighted by Gasteiger charge is 2.40. The predicted octanol–water partition coefficient (Wildman–Crippen LogP) is 5.04. The van der Waals surface area contributed by atoms with Crippen LogP contribution in [0.5, 0.6) is 0 Å². The summed E-state index contributed by atoms with van der Waals surface area (Å²) in [5, 5.41) is 0. The molecule has 2 fully saturated rings. The van der Waals surface area contributed by atoms with Crippen LogP contribution in [-0.2, 0) is 0 Å². The Morgan fingerprint density at radius 3 is 0.951 bits per heavy atom. The summed E-state index contributed by atoms with van der Waals surface area (Å²) >= 11 is 18.7. The van der Waals surface area contributed by atoms with Crippen molar-refractivity contribution in [3.05, 3.63) is 24.8 Å². The van der Waals surface area contributed by atoms with Gasteiger partial charge in [0.25, 0.3) is 0 Å². The second-order valence-electron chi connectivity index (χ2n) is 9.50. The van der Waals surface area contributed by atoms with Crippen LogP contribution in [0.1, 0.15) is 38.5 Å². The first-order chi connectivity index (χ1) is 19.7. The van der Waals surface area contributed by atoms with Gasteiger partial charge in [0.05, 0.1) is 0 Å². The Hall–Kier alpha value is -1.29. The molecule has 232 valence electrons. The molecule has 2 aliphatic rings. The number of imide groups is 2. The van der Waals surface area contributed by atoms with Crippen LogP contribution in [0.15, 0.2) is 24.8 Å². The number of urea groups is 4. The smallest absolute Gasteiger partial charge is 0.280 e. The zero-order valence-electron chi connectivity index (χ0n) is 23.7. The van der Waals surface area contributed by atoms with Crippen molar-refractivity contribution in [2.45, 2.75) is 38.5 Å². The third-order valence-corrected chi connectivity index (χ3v) is 9.01. The molecule has 0 aromatic rings. The SMILES string of the molecule is C=C1N(CCCS)C(=O)N(CCCS)C(=O)N1CCCSCCCN1C(=C)N(CCCS)C(=O)N(CCCS)C1=O. The van der Waals surface area contributed by atoms with Crippen molar-refractivity contribution in [1.29, 1.82) is 0 Å². The topological polar surface area (TPSA) is 87.7 Å². The fourth-order valence-electron chi connectivity index (χ4n) is 4.43. The van der Waals surface area contributed by atoms with Crippen molar-refractivity contribution in [3.8, 4) is 0 Å². The van der Waals surface area contributed by atoms with Crippen LogP contribution in [0.4, 0.5) is 19.2 Å². The molecule has 0 N–H and O–H groups in total. The van der Waals surface area contributed by atoms with E-state index in [0.717, 1.165) is 24.3 Å². The lowest BCUT2D eigenvalue weighted by molar-refractivity contribution is 0.109. The van der Waals surface area contributed by atoms with E-state index in [1.54, 1.807) is 31.4 Å². The van der Waals surface area contributed by atoms with Crippen LogP contribution in [0.2, 0.25) is 0 Å². The van der Waals surface area contributed by atoms with Crippen molar-refractivity contribution in [2.75, 3.05) is 73.8 Å². The molecule has 0 radical (unpaired) electrons. The van der Waals surface area contributed by atoms with Gasteiger partial charge in [-0.3, -0.25) is 19.6 Å². The monoisotopic (exact) mass is 664 g/mol. The lowest BCUT2D eigenvalue weighted by Crippen LogP contribution is -2.59. The molecule has 2 saturated heterocycles. The lowest BCUT2D eigenvalue weighted by Gasteiger charge is -2.42. The third kappa shape index (κ3) is 9.87. The molecule has 15 heteroatoms. The van der Waals surface area contributed by atoms with Gasteiger partial charge in [-0.2, -0.15) is 62.3 Å². The average molecular weight is 665 g/mol. The lowest BCUT2D eigenvalue weighted by atomic mass is 10.3. The van der Waals surface area contributed by atoms with E-state index in [9.17, 15) is 19.2 Å². The van der Waals surface area contributed by atoms with E-state index in [1.165, 1.54) is 9.80 Å². The summed E-state index contributed by atoms with van der Waals surface area (Å²) in [6.45, 7) is 10.6. The predicted molar refractivity (Wildman–Crippen MR) is 181 cm³/mol. The van der Waals surface area contributed by atoms with E-state index in [2.05, 4.69) is 63.7 Å². The van der Waals surface area contributed by atoms with Gasteiger partial charge in [0.2, 0.25) is 0 Å². The number of thiol groups is 4. The van der Waals surface area contributed by atoms with E-state index in [-0.39, 0.29) is 24.1 Å². The molecular formula is C26H44N6O4S5. The maximum absolute atomic E-state index is 13.1. The highest BCUT2D eigenvalue weighted by atomic mass is 32.2. The molecule has 0 saturated carbocycles. The molecular weight excluding hydrogens is 621 g/mol. The second-order valence-corrected chi connectivity index (χ2v) is 12.5. The molecule has 0 atom stereocenters. The van der Waals surface area contributed by atoms with Gasteiger partial charge in [0, 0.05) is 39.3 Å². The van der Waals surface area contributed by atoms with Gasteiger partial charge < -0.3 is 0 Å². The second kappa shape index (κ2) is 19.1. The number of carbonyl (C=O) groups excluding carboxylic acids is 4. The molecule has 0 aromatic carbocycles. The minimum atomic E-state index is -0.337. The standard InChI is InChI=1S/C26H44N6O4S5/c1-21-27(9-3-15-37)23(33)31(11-5-17-39)25(35)29(21)13-7-19-41-20-8-14-30-22(2)28(10-4-16-38)24(34)32(26(30)36)12-6-18-40/h37-40H,1-20H2. The maximum atomic E-state index is 13.1. The van der Waals surface area contributed by atoms with Crippen LogP contribution in [0.3, 0.4) is 0 Å². The minimum Gasteiger partial charge on any atom is -0.280 e. The van der Waals surface area contributed by atoms with E-state index in [1.807, 2.05) is 0 Å². The van der Waals surface area contributed by atoms with Gasteiger partial charge in [-0.05, 0) is 73.0 Å². The molecule has 0 bridgehead atoms. The Morgan fingerprint density at radius 2 is 0.683 bits per heavy atom. The fraction of sp³-hybridized carbons (Fsp3) is 0.692. The summed E-state index contributed by atoms with van der Waals surface area (Å²) in [6, 6.07) is -1.35. The van der Waals surface area contributed by atoms with Crippen LogP contribution < -0.4 is 0 Å². The van der Waals surface area contributed by atoms with Gasteiger partial charge >= 0.3 is 24.1 Å². The van der Waals surface area contributed by atoms with E-state index >= 15 is 0 Å². The van der Waals surface area contributed by atoms with Gasteiger partial charge in [-0.25, -0.2) is 29.0 Å². The Labute approximate surface area is 270 Å². The summed E-state index contributed by atoms with van der Waals surface area (Å²) < 4.78 is 0. The number of thioether (sulfide) groups is 1. The van der Waals surface area contributed by atoms with Crippen molar-refractivity contribution in [3.63, 3.8) is 0 Å². The largest absolute Gasteiger partial charge is 0.333 e. The number of amides is 8. The Morgan fingerprint density at radius 1 is 0.439 bits per heavy atom. The molecule has 2 aliphatic heterocycles. The summed E-state index contributed by atoms with van der Waals surface area (Å²) in [4.78, 5) is 60.9. The molecule has 0 spiro atoms. The van der Waals surface area contributed by atoms with Crippen LogP contribution in [0, 0.1) is 0 Å². The molecule has 0 unspecified atom stereocenters. The Kier molecular flexibility index (Phi) is 16.7. The van der Waals surface area contributed by atoms with Crippen molar-refractivity contribution < 1.29 is 19.2 Å². The first-order valence-electron chi connectivity index (χ1n) is 13.9. The molecule has 8 amide bonds. The van der Waals surface area contributed by atoms with Gasteiger partial charge in [0.15, 0.2) is 0 Å². The van der Waals surface area contributed by atoms with Gasteiger partial charge in [-0.15, -0.1) is 0 Å². The Balaban J connectivity index is 1.87.